The number of anilines is 2. The van der Waals surface area contributed by atoms with E-state index < -0.39 is 0 Å². The fourth-order valence-corrected chi connectivity index (χ4v) is 4.02. The Bertz CT molecular complexity index is 947. The molecule has 3 aromatic heterocycles. The molecule has 0 atom stereocenters. The normalized spacial score (nSPS) is 15.2. The molecule has 3 aromatic rings. The van der Waals surface area contributed by atoms with E-state index in [9.17, 15) is 4.79 Å². The minimum Gasteiger partial charge on any atom is -0.365 e. The van der Waals surface area contributed by atoms with Gasteiger partial charge in [-0.05, 0) is 13.0 Å². The molecule has 0 unspecified atom stereocenters. The molecule has 0 saturated carbocycles. The third-order valence-corrected chi connectivity index (χ3v) is 5.45. The van der Waals surface area contributed by atoms with E-state index in [1.807, 2.05) is 0 Å². The maximum absolute atomic E-state index is 11.6. The number of aromatic nitrogens is 4. The fraction of sp³-hybridized carbons (Fsp3) is 0.333. The smallest absolute Gasteiger partial charge is 0.285 e. The number of halogens is 1. The number of fused-ring (bicyclic) bond motifs is 1. The average Bonchev–Trinajstić information content (AvgIpc) is 2.98. The molecule has 1 N–H and O–H groups in total. The molecule has 4 heterocycles. The molecule has 9 heteroatoms. The van der Waals surface area contributed by atoms with Crippen LogP contribution in [0.3, 0.4) is 0 Å². The van der Waals surface area contributed by atoms with Crippen LogP contribution >= 0.6 is 22.9 Å². The lowest BCUT2D eigenvalue weighted by atomic mass is 10.2. The van der Waals surface area contributed by atoms with E-state index in [4.69, 9.17) is 11.6 Å². The zero-order valence-corrected chi connectivity index (χ0v) is 14.6. The second kappa shape index (κ2) is 6.03. The number of hydrogen-bond acceptors (Lipinski definition) is 7. The lowest BCUT2D eigenvalue weighted by Crippen LogP contribution is -2.47. The number of aromatic amines is 1. The molecule has 1 aliphatic rings. The van der Waals surface area contributed by atoms with Gasteiger partial charge in [0.1, 0.15) is 22.0 Å². The number of rotatable bonds is 2. The van der Waals surface area contributed by atoms with E-state index in [1.165, 1.54) is 4.88 Å². The number of nitrogens with one attached hydrogen (secondary N) is 1. The highest BCUT2D eigenvalue weighted by atomic mass is 35.5. The Morgan fingerprint density at radius 2 is 1.96 bits per heavy atom. The van der Waals surface area contributed by atoms with Crippen molar-refractivity contribution in [2.75, 3.05) is 36.0 Å². The van der Waals surface area contributed by atoms with Crippen LogP contribution in [0.5, 0.6) is 0 Å². The van der Waals surface area contributed by atoms with Crippen LogP contribution in [-0.2, 0) is 0 Å². The summed E-state index contributed by atoms with van der Waals surface area (Å²) in [6.07, 6.45) is 3.22. The van der Waals surface area contributed by atoms with Gasteiger partial charge in [-0.1, -0.05) is 11.6 Å². The monoisotopic (exact) mass is 362 g/mol. The molecule has 24 heavy (non-hydrogen) atoms. The zero-order valence-electron chi connectivity index (χ0n) is 13.0. The Balaban J connectivity index is 1.57. The summed E-state index contributed by atoms with van der Waals surface area (Å²) in [6.45, 7) is 5.17. The van der Waals surface area contributed by atoms with Gasteiger partial charge in [0, 0.05) is 31.1 Å². The van der Waals surface area contributed by atoms with Gasteiger partial charge in [-0.3, -0.25) is 4.79 Å². The van der Waals surface area contributed by atoms with Crippen LogP contribution in [-0.4, -0.2) is 46.3 Å². The predicted octanol–water partition coefficient (Wildman–Crippen LogP) is 2.06. The molecule has 1 saturated heterocycles. The Hall–Kier alpha value is -2.19. The van der Waals surface area contributed by atoms with Gasteiger partial charge < -0.3 is 9.80 Å². The molecule has 0 amide bonds. The van der Waals surface area contributed by atoms with Gasteiger partial charge in [-0.2, -0.15) is 5.10 Å². The molecule has 1 aliphatic heterocycles. The third-order valence-electron chi connectivity index (χ3n) is 4.13. The van der Waals surface area contributed by atoms with Crippen molar-refractivity contribution in [1.82, 2.24) is 20.2 Å². The zero-order chi connectivity index (χ0) is 16.7. The van der Waals surface area contributed by atoms with Crippen molar-refractivity contribution in [3.05, 3.63) is 38.8 Å². The summed E-state index contributed by atoms with van der Waals surface area (Å²) in [4.78, 5) is 27.0. The number of hydrogen-bond donors (Lipinski definition) is 1. The van der Waals surface area contributed by atoms with Crippen molar-refractivity contribution >= 4 is 44.7 Å². The molecule has 0 radical (unpaired) electrons. The molecule has 4 rings (SSSR count). The Morgan fingerprint density at radius 3 is 2.75 bits per heavy atom. The summed E-state index contributed by atoms with van der Waals surface area (Å²) in [5, 5.41) is 7.48. The van der Waals surface area contributed by atoms with Crippen LogP contribution in [0.2, 0.25) is 5.02 Å². The van der Waals surface area contributed by atoms with Crippen molar-refractivity contribution in [1.29, 1.82) is 0 Å². The van der Waals surface area contributed by atoms with E-state index in [1.54, 1.807) is 23.9 Å². The van der Waals surface area contributed by atoms with Crippen LogP contribution in [0, 0.1) is 6.92 Å². The SMILES string of the molecule is Cc1cc2c(N3CCN(c4cn[nH]c(=O)c4Cl)CC3)ncnc2s1. The lowest BCUT2D eigenvalue weighted by molar-refractivity contribution is 0.647. The van der Waals surface area contributed by atoms with Crippen LogP contribution in [0.15, 0.2) is 23.4 Å². The van der Waals surface area contributed by atoms with E-state index in [2.05, 4.69) is 43.0 Å². The van der Waals surface area contributed by atoms with Crippen LogP contribution in [0.1, 0.15) is 4.88 Å². The van der Waals surface area contributed by atoms with Crippen molar-refractivity contribution in [2.45, 2.75) is 6.92 Å². The second-order valence-electron chi connectivity index (χ2n) is 5.65. The Labute approximate surface area is 146 Å². The Morgan fingerprint density at radius 1 is 1.21 bits per heavy atom. The summed E-state index contributed by atoms with van der Waals surface area (Å²) < 4.78 is 0. The van der Waals surface area contributed by atoms with Gasteiger partial charge in [0.25, 0.3) is 5.56 Å². The minimum atomic E-state index is -0.358. The summed E-state index contributed by atoms with van der Waals surface area (Å²) >= 11 is 7.78. The molecule has 0 spiro atoms. The number of nitrogens with zero attached hydrogens (tertiary/aromatic N) is 5. The summed E-state index contributed by atoms with van der Waals surface area (Å²) in [5.74, 6) is 0.971. The molecular weight excluding hydrogens is 348 g/mol. The maximum Gasteiger partial charge on any atom is 0.285 e. The summed E-state index contributed by atoms with van der Waals surface area (Å²) in [7, 11) is 0. The van der Waals surface area contributed by atoms with E-state index in [-0.39, 0.29) is 10.6 Å². The van der Waals surface area contributed by atoms with E-state index in [0.717, 1.165) is 42.2 Å². The first-order chi connectivity index (χ1) is 11.6. The first-order valence-corrected chi connectivity index (χ1v) is 8.77. The molecule has 0 aromatic carbocycles. The third kappa shape index (κ3) is 2.61. The first-order valence-electron chi connectivity index (χ1n) is 7.57. The van der Waals surface area contributed by atoms with Crippen molar-refractivity contribution in [3.63, 3.8) is 0 Å². The quantitative estimate of drug-likeness (QED) is 0.751. The highest BCUT2D eigenvalue weighted by molar-refractivity contribution is 7.18. The highest BCUT2D eigenvalue weighted by Gasteiger charge is 2.22. The lowest BCUT2D eigenvalue weighted by Gasteiger charge is -2.36. The molecule has 0 bridgehead atoms. The molecule has 1 fully saturated rings. The van der Waals surface area contributed by atoms with Crippen molar-refractivity contribution in [3.8, 4) is 0 Å². The van der Waals surface area contributed by atoms with Gasteiger partial charge in [-0.25, -0.2) is 15.1 Å². The van der Waals surface area contributed by atoms with Crippen molar-refractivity contribution < 1.29 is 0 Å². The molecular formula is C15H15ClN6OS. The second-order valence-corrected chi connectivity index (χ2v) is 7.26. The van der Waals surface area contributed by atoms with Gasteiger partial charge in [-0.15, -0.1) is 11.3 Å². The summed E-state index contributed by atoms with van der Waals surface area (Å²) in [5.41, 5.74) is 0.321. The summed E-state index contributed by atoms with van der Waals surface area (Å²) in [6, 6.07) is 2.14. The van der Waals surface area contributed by atoms with Crippen LogP contribution in [0.4, 0.5) is 11.5 Å². The van der Waals surface area contributed by atoms with E-state index >= 15 is 0 Å². The minimum absolute atomic E-state index is 0.191. The molecule has 7 nitrogen and oxygen atoms in total. The number of aryl methyl sites for hydroxylation is 1. The van der Waals surface area contributed by atoms with Gasteiger partial charge >= 0.3 is 0 Å². The van der Waals surface area contributed by atoms with Gasteiger partial charge in [0.2, 0.25) is 0 Å². The number of thiophene rings is 1. The van der Waals surface area contributed by atoms with Crippen LogP contribution in [0.25, 0.3) is 10.2 Å². The molecule has 124 valence electrons. The van der Waals surface area contributed by atoms with Gasteiger partial charge in [0.05, 0.1) is 17.3 Å². The number of H-pyrrole nitrogens is 1. The first kappa shape index (κ1) is 15.3. The fourth-order valence-electron chi connectivity index (χ4n) is 2.97. The van der Waals surface area contributed by atoms with E-state index in [0.29, 0.717) is 5.69 Å². The largest absolute Gasteiger partial charge is 0.365 e. The van der Waals surface area contributed by atoms with Crippen LogP contribution < -0.4 is 15.4 Å². The number of piperazine rings is 1. The maximum atomic E-state index is 11.6. The average molecular weight is 363 g/mol. The van der Waals surface area contributed by atoms with Gasteiger partial charge in [0.15, 0.2) is 0 Å². The standard InChI is InChI=1S/C15H15ClN6OS/c1-9-6-10-13(17-8-18-15(10)24-9)22-4-2-21(3-5-22)11-7-19-20-14(23)12(11)16/h6-8H,2-5H2,1H3,(H,20,23). The van der Waals surface area contributed by atoms with Crippen molar-refractivity contribution in [2.24, 2.45) is 0 Å². The predicted molar refractivity (Wildman–Crippen MR) is 96.4 cm³/mol. The highest BCUT2D eigenvalue weighted by Crippen LogP contribution is 2.31. The molecule has 0 aliphatic carbocycles. The topological polar surface area (TPSA) is 78.0 Å². The Kier molecular flexibility index (Phi) is 3.85.